The maximum atomic E-state index is 12.3. The van der Waals surface area contributed by atoms with E-state index in [0.717, 1.165) is 85.4 Å². The average molecular weight is 1450 g/mol. The second kappa shape index (κ2) is 36.3. The van der Waals surface area contributed by atoms with Gasteiger partial charge in [-0.05, 0) is 197 Å². The first-order chi connectivity index (χ1) is 45.5. The van der Waals surface area contributed by atoms with Crippen LogP contribution in [0.5, 0.6) is 17.2 Å². The molecule has 1 atom stereocenters. The summed E-state index contributed by atoms with van der Waals surface area (Å²) in [6, 6.07) is 32.4. The standard InChI is InChI=1S/C19H23ClO.C18H21ClO2.C11H16ClO4P.C10H13ClO2.C9H11ClO3.C7H5ClO2/c1-11-4-3-5-16(18(11)20)19(21-2)17-14-7-12-6-13(9-14)10-15(17)8-12;1-21-18(14-3-2-4-15(20)17(14)19)16-12-6-10-5-11(8-12)9-13(16)7-10;1-8-6-5-7-9(10(8)12)11(14-2)17(13,15-3)16-4;1-7-5-4-6-8(9(7)11)10(12-2)13-3;1-12-9(13-2)6-4-3-5-7(11)8(6)10;8-7-5(4-9)2-1-3-6(7)10/h3-5,12-15H,6-10H2,1-2H3;2-4,10-13,20H,5-9H2,1H3;5-7,11H,1-4H3;4-6,10H,1-3H3;3-5,9,11H,1-2H3;1-4,10H. The molecule has 8 bridgehead atoms. The summed E-state index contributed by atoms with van der Waals surface area (Å²) < 4.78 is 59.3. The number of phenols is 3. The van der Waals surface area contributed by atoms with Gasteiger partial charge in [-0.15, -0.1) is 0 Å². The average Bonchev–Trinajstić information content (AvgIpc) is 0.761. The molecule has 0 aromatic heterocycles. The smallest absolute Gasteiger partial charge is 0.363 e. The van der Waals surface area contributed by atoms with E-state index in [0.29, 0.717) is 49.9 Å². The molecule has 21 heteroatoms. The summed E-state index contributed by atoms with van der Waals surface area (Å²) in [5.41, 5.74) is 10.4. The molecule has 0 amide bonds. The number of aryl methyl sites for hydroxylation is 3. The highest BCUT2D eigenvalue weighted by atomic mass is 35.5. The van der Waals surface area contributed by atoms with Crippen molar-refractivity contribution in [2.45, 2.75) is 103 Å². The Morgan fingerprint density at radius 2 is 0.737 bits per heavy atom. The van der Waals surface area contributed by atoms with Gasteiger partial charge >= 0.3 is 7.60 Å². The van der Waals surface area contributed by atoms with Crippen LogP contribution in [0.25, 0.3) is 11.5 Å². The van der Waals surface area contributed by atoms with Crippen LogP contribution in [0.2, 0.25) is 30.1 Å². The van der Waals surface area contributed by atoms with Gasteiger partial charge in [0.05, 0.1) is 39.3 Å². The number of allylic oxidation sites excluding steroid dienone is 2. The Bertz CT molecular complexity index is 3430. The number of rotatable bonds is 16. The molecule has 0 heterocycles. The zero-order valence-electron chi connectivity index (χ0n) is 55.9. The summed E-state index contributed by atoms with van der Waals surface area (Å²) in [4.78, 5) is 10.2. The third-order valence-electron chi connectivity index (χ3n) is 18.9. The van der Waals surface area contributed by atoms with Crippen LogP contribution in [0.4, 0.5) is 0 Å². The third kappa shape index (κ3) is 18.5. The number of aldehydes is 1. The second-order valence-electron chi connectivity index (χ2n) is 24.7. The van der Waals surface area contributed by atoms with Gasteiger partial charge in [0.1, 0.15) is 28.8 Å². The summed E-state index contributed by atoms with van der Waals surface area (Å²) in [6.07, 6.45) is 13.3. The Morgan fingerprint density at radius 1 is 0.411 bits per heavy atom. The molecule has 0 spiro atoms. The van der Waals surface area contributed by atoms with Gasteiger partial charge in [0.25, 0.3) is 0 Å². The fraction of sp³-hybridized carbons (Fsp3) is 0.446. The van der Waals surface area contributed by atoms with E-state index in [1.165, 1.54) is 124 Å². The van der Waals surface area contributed by atoms with Crippen molar-refractivity contribution in [2.75, 3.05) is 64.0 Å². The zero-order chi connectivity index (χ0) is 69.4. The number of hydrogen-bond donors (Lipinski definition) is 3. The van der Waals surface area contributed by atoms with E-state index in [-0.39, 0.29) is 33.6 Å². The van der Waals surface area contributed by atoms with Gasteiger partial charge < -0.3 is 57.5 Å². The van der Waals surface area contributed by atoms with Crippen LogP contribution >= 0.6 is 77.2 Å². The van der Waals surface area contributed by atoms with E-state index in [1.807, 2.05) is 63.4 Å². The fourth-order valence-corrected chi connectivity index (χ4v) is 17.5. The van der Waals surface area contributed by atoms with Crippen molar-refractivity contribution >= 4 is 95.0 Å². The quantitative estimate of drug-likeness (QED) is 0.0361. The van der Waals surface area contributed by atoms with Gasteiger partial charge in [0.2, 0.25) is 0 Å². The third-order valence-corrected chi connectivity index (χ3v) is 23.7. The molecule has 14 nitrogen and oxygen atoms in total. The second-order valence-corrected chi connectivity index (χ2v) is 29.2. The molecular weight excluding hydrogens is 1360 g/mol. The molecule has 0 saturated heterocycles. The molecule has 8 saturated carbocycles. The number of benzene rings is 6. The number of phenolic OH excluding ortho intramolecular Hbond substituents is 3. The van der Waals surface area contributed by atoms with Crippen molar-refractivity contribution in [3.8, 4) is 17.2 Å². The molecule has 1 unspecified atom stereocenters. The first-order valence-electron chi connectivity index (χ1n) is 31.5. The highest BCUT2D eigenvalue weighted by molar-refractivity contribution is 7.54. The first kappa shape index (κ1) is 77.5. The van der Waals surface area contributed by atoms with E-state index < -0.39 is 19.7 Å². The van der Waals surface area contributed by atoms with E-state index >= 15 is 0 Å². The number of carbonyl (C=O) groups excluding carboxylic acids is 1. The molecular formula is C74H89Cl6O14P. The largest absolute Gasteiger partial charge is 0.506 e. The normalized spacial score (nSPS) is 21.1. The molecule has 0 aliphatic heterocycles. The minimum Gasteiger partial charge on any atom is -0.506 e. The van der Waals surface area contributed by atoms with Gasteiger partial charge in [0, 0.05) is 88.2 Å². The number of halogens is 6. The first-order valence-corrected chi connectivity index (χ1v) is 35.4. The van der Waals surface area contributed by atoms with Gasteiger partial charge in [-0.2, -0.15) is 0 Å². The summed E-state index contributed by atoms with van der Waals surface area (Å²) >= 11 is 36.5. The summed E-state index contributed by atoms with van der Waals surface area (Å²) in [7, 11) is 10.4. The number of carbonyl (C=O) groups is 1. The fourth-order valence-electron chi connectivity index (χ4n) is 14.9. The Labute approximate surface area is 590 Å². The predicted octanol–water partition coefficient (Wildman–Crippen LogP) is 21.2. The Balaban J connectivity index is 0.000000164. The van der Waals surface area contributed by atoms with E-state index in [1.54, 1.807) is 57.2 Å². The van der Waals surface area contributed by atoms with E-state index in [9.17, 15) is 19.6 Å². The van der Waals surface area contributed by atoms with Crippen LogP contribution in [-0.2, 0) is 46.8 Å². The highest BCUT2D eigenvalue weighted by Gasteiger charge is 2.48. The van der Waals surface area contributed by atoms with Crippen LogP contribution in [0.1, 0.15) is 137 Å². The molecule has 6 aromatic carbocycles. The van der Waals surface area contributed by atoms with Gasteiger partial charge in [-0.3, -0.25) is 9.36 Å². The van der Waals surface area contributed by atoms with Gasteiger partial charge in [-0.1, -0.05) is 142 Å². The van der Waals surface area contributed by atoms with E-state index in [4.69, 9.17) is 117 Å². The molecule has 516 valence electrons. The maximum absolute atomic E-state index is 12.3. The lowest BCUT2D eigenvalue weighted by Crippen LogP contribution is -2.40. The molecule has 6 aromatic rings. The van der Waals surface area contributed by atoms with Crippen LogP contribution in [0.15, 0.2) is 120 Å². The minimum absolute atomic E-state index is 0.0262. The van der Waals surface area contributed by atoms with Crippen molar-refractivity contribution in [2.24, 2.45) is 47.3 Å². The molecule has 8 aliphatic carbocycles. The SMILES string of the molecule is COC(=C1C2CC3CC(C2)CC1C3)c1cccc(C)c1Cl.COC(=C1C2CC3CC(C2)CC1C3)c1cccc(O)c1Cl.COC(OC)c1cccc(C)c1Cl.COC(OC)c1cccc(O)c1Cl.COC(c1cccc(C)c1Cl)P(=O)(OC)OC.O=Cc1cccc(O)c1Cl. The van der Waals surface area contributed by atoms with Crippen molar-refractivity contribution in [3.05, 3.63) is 201 Å². The molecule has 8 aliphatic rings. The van der Waals surface area contributed by atoms with Crippen molar-refractivity contribution in [1.29, 1.82) is 0 Å². The Hall–Kier alpha value is -4.84. The topological polar surface area (TPSA) is 178 Å². The van der Waals surface area contributed by atoms with Crippen LogP contribution in [-0.4, -0.2) is 85.6 Å². The maximum Gasteiger partial charge on any atom is 0.363 e. The van der Waals surface area contributed by atoms with Crippen LogP contribution in [0.3, 0.4) is 0 Å². The lowest BCUT2D eigenvalue weighted by molar-refractivity contribution is -0.106. The monoisotopic (exact) mass is 1440 g/mol. The van der Waals surface area contributed by atoms with Crippen molar-refractivity contribution in [1.82, 2.24) is 0 Å². The minimum atomic E-state index is -3.37. The van der Waals surface area contributed by atoms with Crippen LogP contribution in [0, 0.1) is 68.1 Å². The number of aromatic hydroxyl groups is 3. The molecule has 0 radical (unpaired) electrons. The van der Waals surface area contributed by atoms with Crippen molar-refractivity contribution < 1.29 is 66.9 Å². The summed E-state index contributed by atoms with van der Waals surface area (Å²) in [5, 5.41) is 31.0. The molecule has 95 heavy (non-hydrogen) atoms. The Morgan fingerprint density at radius 3 is 1.12 bits per heavy atom. The number of methoxy groups -OCH3 is 7. The molecule has 14 rings (SSSR count). The summed E-state index contributed by atoms with van der Waals surface area (Å²) in [5.74, 6) is 7.88. The number of hydrogen-bond acceptors (Lipinski definition) is 14. The zero-order valence-corrected chi connectivity index (χ0v) is 61.4. The lowest BCUT2D eigenvalue weighted by atomic mass is 9.54. The van der Waals surface area contributed by atoms with Crippen LogP contribution < -0.4 is 0 Å². The highest BCUT2D eigenvalue weighted by Crippen LogP contribution is 2.62. The molecule has 3 N–H and O–H groups in total. The Kier molecular flexibility index (Phi) is 29.6. The van der Waals surface area contributed by atoms with Crippen molar-refractivity contribution in [3.63, 3.8) is 0 Å². The van der Waals surface area contributed by atoms with E-state index in [2.05, 4.69) is 25.1 Å². The predicted molar refractivity (Wildman–Crippen MR) is 380 cm³/mol. The van der Waals surface area contributed by atoms with Gasteiger partial charge in [0.15, 0.2) is 24.7 Å². The lowest BCUT2D eigenvalue weighted by Gasteiger charge is -2.51. The number of ether oxygens (including phenoxy) is 7. The van der Waals surface area contributed by atoms with Gasteiger partial charge in [-0.25, -0.2) is 0 Å². The summed E-state index contributed by atoms with van der Waals surface area (Å²) in [6.45, 7) is 5.89. The molecule has 8 fully saturated rings.